The molecular formula is C19H38O11. The molecule has 0 fully saturated rings. The number of ether oxygens (including phenoxy) is 9. The van der Waals surface area contributed by atoms with Crippen LogP contribution in [0.5, 0.6) is 0 Å². The molecule has 0 saturated carbocycles. The molecule has 0 rings (SSSR count). The smallest absolute Gasteiger partial charge is 0.329 e. The van der Waals surface area contributed by atoms with E-state index < -0.39 is 5.97 Å². The van der Waals surface area contributed by atoms with E-state index in [0.717, 1.165) is 0 Å². The first kappa shape index (κ1) is 29.1. The van der Waals surface area contributed by atoms with Gasteiger partial charge in [0.25, 0.3) is 0 Å². The summed E-state index contributed by atoms with van der Waals surface area (Å²) in [6, 6.07) is 0. The van der Waals surface area contributed by atoms with E-state index in [1.165, 1.54) is 0 Å². The number of rotatable bonds is 26. The van der Waals surface area contributed by atoms with E-state index in [2.05, 4.69) is 0 Å². The minimum Gasteiger partial charge on any atom is -0.480 e. The highest BCUT2D eigenvalue weighted by Crippen LogP contribution is 1.85. The zero-order valence-corrected chi connectivity index (χ0v) is 18.1. The Morgan fingerprint density at radius 2 is 0.700 bits per heavy atom. The first-order valence-electron chi connectivity index (χ1n) is 10.1. The number of aliphatic carboxylic acids is 1. The van der Waals surface area contributed by atoms with Crippen molar-refractivity contribution in [2.24, 2.45) is 0 Å². The van der Waals surface area contributed by atoms with Crippen LogP contribution in [0.1, 0.15) is 0 Å². The molecule has 0 aromatic heterocycles. The molecule has 0 atom stereocenters. The van der Waals surface area contributed by atoms with E-state index in [4.69, 9.17) is 47.7 Å². The zero-order chi connectivity index (χ0) is 22.0. The molecule has 0 aliphatic heterocycles. The molecular weight excluding hydrogens is 404 g/mol. The van der Waals surface area contributed by atoms with Gasteiger partial charge in [0.1, 0.15) is 6.61 Å². The van der Waals surface area contributed by atoms with E-state index in [0.29, 0.717) is 99.1 Å². The third kappa shape index (κ3) is 27.1. The summed E-state index contributed by atoms with van der Waals surface area (Å²) < 4.78 is 47.0. The predicted molar refractivity (Wildman–Crippen MR) is 106 cm³/mol. The van der Waals surface area contributed by atoms with Gasteiger partial charge in [0, 0.05) is 7.11 Å². The number of hydrogen-bond acceptors (Lipinski definition) is 10. The molecule has 30 heavy (non-hydrogen) atoms. The van der Waals surface area contributed by atoms with Crippen LogP contribution in [-0.2, 0) is 47.4 Å². The number of carboxylic acid groups (broad SMARTS) is 1. The molecule has 0 aromatic rings. The molecule has 0 radical (unpaired) electrons. The number of methoxy groups -OCH3 is 1. The Balaban J connectivity index is 2.99. The summed E-state index contributed by atoms with van der Waals surface area (Å²) in [6.07, 6.45) is 0. The van der Waals surface area contributed by atoms with Crippen LogP contribution in [0.15, 0.2) is 0 Å². The van der Waals surface area contributed by atoms with Crippen molar-refractivity contribution >= 4 is 5.97 Å². The molecule has 0 saturated heterocycles. The van der Waals surface area contributed by atoms with Gasteiger partial charge >= 0.3 is 5.97 Å². The minimum absolute atomic E-state index is 0.249. The number of hydrogen-bond donors (Lipinski definition) is 1. The SMILES string of the molecule is COCCOCCOCCOCCOCCOCCOCCOCCOCC(=O)O. The third-order valence-corrected chi connectivity index (χ3v) is 3.26. The van der Waals surface area contributed by atoms with Crippen LogP contribution >= 0.6 is 0 Å². The lowest BCUT2D eigenvalue weighted by molar-refractivity contribution is -0.142. The maximum atomic E-state index is 10.2. The van der Waals surface area contributed by atoms with E-state index in [1.807, 2.05) is 0 Å². The molecule has 11 heteroatoms. The van der Waals surface area contributed by atoms with Crippen molar-refractivity contribution in [2.45, 2.75) is 0 Å². The zero-order valence-electron chi connectivity index (χ0n) is 18.1. The molecule has 0 unspecified atom stereocenters. The molecule has 0 aliphatic rings. The largest absolute Gasteiger partial charge is 0.480 e. The third-order valence-electron chi connectivity index (χ3n) is 3.26. The second kappa shape index (κ2) is 26.1. The topological polar surface area (TPSA) is 120 Å². The van der Waals surface area contributed by atoms with Crippen LogP contribution in [0, 0.1) is 0 Å². The second-order valence-corrected chi connectivity index (χ2v) is 5.73. The molecule has 180 valence electrons. The fraction of sp³-hybridized carbons (Fsp3) is 0.947. The van der Waals surface area contributed by atoms with Gasteiger partial charge in [0.2, 0.25) is 0 Å². The van der Waals surface area contributed by atoms with Crippen LogP contribution in [0.25, 0.3) is 0 Å². The fourth-order valence-electron chi connectivity index (χ4n) is 1.84. The summed E-state index contributed by atoms with van der Waals surface area (Å²) >= 11 is 0. The Labute approximate surface area is 178 Å². The molecule has 0 aromatic carbocycles. The van der Waals surface area contributed by atoms with Crippen LogP contribution < -0.4 is 0 Å². The normalized spacial score (nSPS) is 11.2. The van der Waals surface area contributed by atoms with Crippen molar-refractivity contribution in [3.63, 3.8) is 0 Å². The Kier molecular flexibility index (Phi) is 25.4. The van der Waals surface area contributed by atoms with Crippen LogP contribution in [0.2, 0.25) is 0 Å². The Bertz CT molecular complexity index is 344. The standard InChI is InChI=1S/C19H38O11/c1-22-2-3-23-4-5-24-6-7-25-8-9-26-10-11-27-12-13-28-14-15-29-16-17-30-18-19(20)21/h2-18H2,1H3,(H,20,21). The monoisotopic (exact) mass is 442 g/mol. The Morgan fingerprint density at radius 3 is 0.933 bits per heavy atom. The second-order valence-electron chi connectivity index (χ2n) is 5.73. The molecule has 1 N–H and O–H groups in total. The van der Waals surface area contributed by atoms with Crippen LogP contribution in [0.3, 0.4) is 0 Å². The lowest BCUT2D eigenvalue weighted by atomic mass is 10.6. The van der Waals surface area contributed by atoms with Crippen LogP contribution in [-0.4, -0.2) is 131 Å². The molecule has 0 spiro atoms. The maximum absolute atomic E-state index is 10.2. The van der Waals surface area contributed by atoms with Gasteiger partial charge in [-0.05, 0) is 0 Å². The van der Waals surface area contributed by atoms with E-state index in [9.17, 15) is 4.79 Å². The van der Waals surface area contributed by atoms with Gasteiger partial charge in [-0.15, -0.1) is 0 Å². The van der Waals surface area contributed by atoms with Crippen molar-refractivity contribution < 1.29 is 52.5 Å². The van der Waals surface area contributed by atoms with Crippen molar-refractivity contribution in [3.05, 3.63) is 0 Å². The van der Waals surface area contributed by atoms with E-state index >= 15 is 0 Å². The van der Waals surface area contributed by atoms with Crippen molar-refractivity contribution in [3.8, 4) is 0 Å². The molecule has 0 heterocycles. The Hall–Kier alpha value is -0.890. The van der Waals surface area contributed by atoms with E-state index in [-0.39, 0.29) is 13.2 Å². The van der Waals surface area contributed by atoms with Gasteiger partial charge in [-0.2, -0.15) is 0 Å². The first-order chi connectivity index (χ1) is 14.8. The molecule has 0 bridgehead atoms. The van der Waals surface area contributed by atoms with Gasteiger partial charge in [-0.3, -0.25) is 0 Å². The highest BCUT2D eigenvalue weighted by molar-refractivity contribution is 5.67. The highest BCUT2D eigenvalue weighted by atomic mass is 16.6. The van der Waals surface area contributed by atoms with Crippen molar-refractivity contribution in [2.75, 3.05) is 119 Å². The average molecular weight is 443 g/mol. The van der Waals surface area contributed by atoms with Crippen molar-refractivity contribution in [1.29, 1.82) is 0 Å². The van der Waals surface area contributed by atoms with Gasteiger partial charge in [0.05, 0.1) is 106 Å². The summed E-state index contributed by atoms with van der Waals surface area (Å²) in [7, 11) is 1.64. The first-order valence-corrected chi connectivity index (χ1v) is 10.1. The summed E-state index contributed by atoms with van der Waals surface area (Å²) in [4.78, 5) is 10.2. The molecule has 0 amide bonds. The fourth-order valence-corrected chi connectivity index (χ4v) is 1.84. The number of carboxylic acids is 1. The summed E-state index contributed by atoms with van der Waals surface area (Å²) in [6.45, 7) is 7.42. The summed E-state index contributed by atoms with van der Waals surface area (Å²) in [5, 5.41) is 8.38. The molecule has 11 nitrogen and oxygen atoms in total. The van der Waals surface area contributed by atoms with Gasteiger partial charge in [-0.1, -0.05) is 0 Å². The summed E-state index contributed by atoms with van der Waals surface area (Å²) in [5.74, 6) is -0.991. The lowest BCUT2D eigenvalue weighted by Crippen LogP contribution is -2.15. The predicted octanol–water partition coefficient (Wildman–Crippen LogP) is -0.150. The highest BCUT2D eigenvalue weighted by Gasteiger charge is 1.97. The summed E-state index contributed by atoms with van der Waals surface area (Å²) in [5.41, 5.74) is 0. The van der Waals surface area contributed by atoms with Crippen LogP contribution in [0.4, 0.5) is 0 Å². The van der Waals surface area contributed by atoms with E-state index in [1.54, 1.807) is 7.11 Å². The van der Waals surface area contributed by atoms with Gasteiger partial charge < -0.3 is 47.7 Å². The van der Waals surface area contributed by atoms with Gasteiger partial charge in [-0.25, -0.2) is 4.79 Å². The molecule has 0 aliphatic carbocycles. The quantitative estimate of drug-likeness (QED) is 0.180. The van der Waals surface area contributed by atoms with Crippen molar-refractivity contribution in [1.82, 2.24) is 0 Å². The van der Waals surface area contributed by atoms with Gasteiger partial charge in [0.15, 0.2) is 0 Å². The average Bonchev–Trinajstić information content (AvgIpc) is 2.73. The lowest BCUT2D eigenvalue weighted by Gasteiger charge is -2.08. The number of carbonyl (C=O) groups is 1. The Morgan fingerprint density at radius 1 is 0.467 bits per heavy atom. The minimum atomic E-state index is -0.991. The maximum Gasteiger partial charge on any atom is 0.329 e.